The number of amides is 1. The molecule has 0 fully saturated rings. The fraction of sp³-hybridized carbons (Fsp3) is 0.412. The molecule has 0 aliphatic heterocycles. The fourth-order valence-corrected chi connectivity index (χ4v) is 2.63. The van der Waals surface area contributed by atoms with Crippen molar-refractivity contribution in [1.82, 2.24) is 14.5 Å². The molecule has 24 heavy (non-hydrogen) atoms. The Hall–Kier alpha value is -1.92. The highest BCUT2D eigenvalue weighted by molar-refractivity contribution is 6.31. The molecule has 1 heterocycles. The standard InChI is InChI=1S/C17H21ClFN3O2/c1-12(2)22(17(23)11-24-3)10-16-20-7-8-21(16)9-13-14(18)5-4-6-15(13)19/h4-8,12H,9-11H2,1-3H3. The van der Waals surface area contributed by atoms with E-state index >= 15 is 0 Å². The molecular weight excluding hydrogens is 333 g/mol. The molecule has 2 aromatic rings. The van der Waals surface area contributed by atoms with Gasteiger partial charge in [-0.15, -0.1) is 0 Å². The number of carbonyl (C=O) groups excluding carboxylic acids is 1. The Morgan fingerprint density at radius 1 is 1.46 bits per heavy atom. The zero-order chi connectivity index (χ0) is 17.7. The summed E-state index contributed by atoms with van der Waals surface area (Å²) in [7, 11) is 1.48. The lowest BCUT2D eigenvalue weighted by Gasteiger charge is -2.26. The van der Waals surface area contributed by atoms with Gasteiger partial charge in [-0.05, 0) is 26.0 Å². The van der Waals surface area contributed by atoms with Gasteiger partial charge in [-0.1, -0.05) is 17.7 Å². The SMILES string of the molecule is COCC(=O)N(Cc1nccn1Cc1c(F)cccc1Cl)C(C)C. The van der Waals surface area contributed by atoms with E-state index in [-0.39, 0.29) is 30.9 Å². The number of hydrogen-bond acceptors (Lipinski definition) is 3. The van der Waals surface area contributed by atoms with Crippen molar-refractivity contribution in [3.8, 4) is 0 Å². The molecule has 130 valence electrons. The lowest BCUT2D eigenvalue weighted by molar-refractivity contribution is -0.137. The van der Waals surface area contributed by atoms with Crippen molar-refractivity contribution in [3.05, 3.63) is 52.8 Å². The van der Waals surface area contributed by atoms with Gasteiger partial charge in [-0.2, -0.15) is 0 Å². The maximum atomic E-state index is 14.0. The Kier molecular flexibility index (Phi) is 6.34. The molecule has 0 saturated carbocycles. The van der Waals surface area contributed by atoms with E-state index in [1.54, 1.807) is 34.0 Å². The second-order valence-electron chi connectivity index (χ2n) is 5.72. The van der Waals surface area contributed by atoms with Gasteiger partial charge >= 0.3 is 0 Å². The largest absolute Gasteiger partial charge is 0.375 e. The normalized spacial score (nSPS) is 11.1. The Bertz CT molecular complexity index is 683. The molecule has 5 nitrogen and oxygen atoms in total. The monoisotopic (exact) mass is 353 g/mol. The number of ether oxygens (including phenoxy) is 1. The molecule has 0 saturated heterocycles. The van der Waals surface area contributed by atoms with E-state index in [0.29, 0.717) is 23.0 Å². The van der Waals surface area contributed by atoms with Crippen LogP contribution in [0.25, 0.3) is 0 Å². The minimum absolute atomic E-state index is 0.00477. The number of carbonyl (C=O) groups is 1. The topological polar surface area (TPSA) is 47.4 Å². The van der Waals surface area contributed by atoms with Crippen LogP contribution in [0.2, 0.25) is 5.02 Å². The summed E-state index contributed by atoms with van der Waals surface area (Å²) < 4.78 is 20.7. The first-order valence-corrected chi connectivity index (χ1v) is 8.03. The average Bonchev–Trinajstić information content (AvgIpc) is 2.95. The first kappa shape index (κ1) is 18.4. The van der Waals surface area contributed by atoms with Crippen LogP contribution in [0.5, 0.6) is 0 Å². The summed E-state index contributed by atoms with van der Waals surface area (Å²) in [5.74, 6) is 0.178. The second kappa shape index (κ2) is 8.26. The fourth-order valence-electron chi connectivity index (χ4n) is 2.41. The number of imidazole rings is 1. The molecule has 0 aliphatic rings. The second-order valence-corrected chi connectivity index (χ2v) is 6.13. The lowest BCUT2D eigenvalue weighted by Crippen LogP contribution is -2.39. The Morgan fingerprint density at radius 3 is 2.83 bits per heavy atom. The molecular formula is C17H21ClFN3O2. The van der Waals surface area contributed by atoms with E-state index in [1.165, 1.54) is 13.2 Å². The van der Waals surface area contributed by atoms with Crippen LogP contribution in [0.4, 0.5) is 4.39 Å². The summed E-state index contributed by atoms with van der Waals surface area (Å²) in [6.07, 6.45) is 3.38. The number of benzene rings is 1. The van der Waals surface area contributed by atoms with Crippen LogP contribution in [0.1, 0.15) is 25.2 Å². The number of aromatic nitrogens is 2. The average molecular weight is 354 g/mol. The van der Waals surface area contributed by atoms with Gasteiger partial charge in [0.25, 0.3) is 0 Å². The predicted molar refractivity (Wildman–Crippen MR) is 90.3 cm³/mol. The molecule has 0 aliphatic carbocycles. The number of rotatable bonds is 7. The van der Waals surface area contributed by atoms with Crippen LogP contribution in [0.3, 0.4) is 0 Å². The molecule has 1 aromatic carbocycles. The van der Waals surface area contributed by atoms with Crippen LogP contribution in [0, 0.1) is 5.82 Å². The summed E-state index contributed by atoms with van der Waals surface area (Å²) in [6.45, 7) is 4.44. The molecule has 1 aromatic heterocycles. The van der Waals surface area contributed by atoms with Crippen molar-refractivity contribution < 1.29 is 13.9 Å². The van der Waals surface area contributed by atoms with Crippen LogP contribution in [-0.2, 0) is 22.6 Å². The molecule has 0 bridgehead atoms. The van der Waals surface area contributed by atoms with Crippen molar-refractivity contribution in [2.24, 2.45) is 0 Å². The lowest BCUT2D eigenvalue weighted by atomic mass is 10.2. The Balaban J connectivity index is 2.22. The van der Waals surface area contributed by atoms with Gasteiger partial charge in [0.05, 0.1) is 13.1 Å². The molecule has 7 heteroatoms. The van der Waals surface area contributed by atoms with Crippen molar-refractivity contribution in [3.63, 3.8) is 0 Å². The zero-order valence-corrected chi connectivity index (χ0v) is 14.8. The number of methoxy groups -OCH3 is 1. The summed E-state index contributed by atoms with van der Waals surface area (Å²) in [4.78, 5) is 18.1. The molecule has 0 radical (unpaired) electrons. The van der Waals surface area contributed by atoms with E-state index < -0.39 is 0 Å². The summed E-state index contributed by atoms with van der Waals surface area (Å²) in [5.41, 5.74) is 0.401. The summed E-state index contributed by atoms with van der Waals surface area (Å²) >= 11 is 6.09. The maximum Gasteiger partial charge on any atom is 0.249 e. The van der Waals surface area contributed by atoms with Crippen LogP contribution in [-0.4, -0.2) is 40.1 Å². The van der Waals surface area contributed by atoms with Crippen molar-refractivity contribution in [1.29, 1.82) is 0 Å². The van der Waals surface area contributed by atoms with Crippen molar-refractivity contribution >= 4 is 17.5 Å². The third-order valence-corrected chi connectivity index (χ3v) is 4.07. The highest BCUT2D eigenvalue weighted by atomic mass is 35.5. The van der Waals surface area contributed by atoms with Gasteiger partial charge < -0.3 is 14.2 Å². The van der Waals surface area contributed by atoms with E-state index in [2.05, 4.69) is 4.98 Å². The van der Waals surface area contributed by atoms with E-state index in [4.69, 9.17) is 16.3 Å². The third-order valence-electron chi connectivity index (χ3n) is 3.72. The van der Waals surface area contributed by atoms with Crippen LogP contribution >= 0.6 is 11.6 Å². The van der Waals surface area contributed by atoms with Crippen molar-refractivity contribution in [2.75, 3.05) is 13.7 Å². The summed E-state index contributed by atoms with van der Waals surface area (Å²) in [6, 6.07) is 4.59. The molecule has 0 N–H and O–H groups in total. The third kappa shape index (κ3) is 4.33. The minimum Gasteiger partial charge on any atom is -0.375 e. The van der Waals surface area contributed by atoms with Gasteiger partial charge in [-0.3, -0.25) is 4.79 Å². The van der Waals surface area contributed by atoms with Gasteiger partial charge in [0.1, 0.15) is 18.2 Å². The number of hydrogen-bond donors (Lipinski definition) is 0. The van der Waals surface area contributed by atoms with E-state index in [1.807, 2.05) is 13.8 Å². The van der Waals surface area contributed by atoms with Gasteiger partial charge in [0.15, 0.2) is 0 Å². The van der Waals surface area contributed by atoms with Gasteiger partial charge in [0, 0.05) is 36.1 Å². The van der Waals surface area contributed by atoms with Gasteiger partial charge in [-0.25, -0.2) is 9.37 Å². The first-order valence-electron chi connectivity index (χ1n) is 7.65. The molecule has 2 rings (SSSR count). The van der Waals surface area contributed by atoms with E-state index in [0.717, 1.165) is 0 Å². The van der Waals surface area contributed by atoms with Gasteiger partial charge in [0.2, 0.25) is 5.91 Å². The molecule has 0 atom stereocenters. The molecule has 0 unspecified atom stereocenters. The summed E-state index contributed by atoms with van der Waals surface area (Å²) in [5, 5.41) is 0.367. The highest BCUT2D eigenvalue weighted by Crippen LogP contribution is 2.21. The number of nitrogens with zero attached hydrogens (tertiary/aromatic N) is 3. The van der Waals surface area contributed by atoms with Crippen LogP contribution in [0.15, 0.2) is 30.6 Å². The zero-order valence-electron chi connectivity index (χ0n) is 14.0. The number of halogens is 2. The quantitative estimate of drug-likeness (QED) is 0.768. The minimum atomic E-state index is -0.363. The highest BCUT2D eigenvalue weighted by Gasteiger charge is 2.20. The Morgan fingerprint density at radius 2 is 2.21 bits per heavy atom. The first-order chi connectivity index (χ1) is 11.4. The van der Waals surface area contributed by atoms with Crippen molar-refractivity contribution in [2.45, 2.75) is 33.0 Å². The smallest absolute Gasteiger partial charge is 0.249 e. The van der Waals surface area contributed by atoms with Crippen LogP contribution < -0.4 is 0 Å². The Labute approximate surface area is 146 Å². The molecule has 0 spiro atoms. The predicted octanol–water partition coefficient (Wildman–Crippen LogP) is 3.11. The maximum absolute atomic E-state index is 14.0. The molecule has 1 amide bonds. The van der Waals surface area contributed by atoms with E-state index in [9.17, 15) is 9.18 Å².